The molecule has 0 aliphatic carbocycles. The number of benzene rings is 1. The van der Waals surface area contributed by atoms with E-state index >= 15 is 0 Å². The molecule has 21 heavy (non-hydrogen) atoms. The van der Waals surface area contributed by atoms with Gasteiger partial charge in [0, 0.05) is 18.3 Å². The maximum Gasteiger partial charge on any atom is 0.326 e. The molecule has 1 atom stereocenters. The van der Waals surface area contributed by atoms with Gasteiger partial charge in [-0.1, -0.05) is 23.7 Å². The van der Waals surface area contributed by atoms with E-state index in [2.05, 4.69) is 20.6 Å². The summed E-state index contributed by atoms with van der Waals surface area (Å²) in [6, 6.07) is 4.95. The van der Waals surface area contributed by atoms with E-state index < -0.39 is 18.0 Å². The molecule has 0 aliphatic rings. The molecule has 8 heteroatoms. The fraction of sp³-hybridized carbons (Fsp3) is 0.154. The highest BCUT2D eigenvalue weighted by molar-refractivity contribution is 6.33. The lowest BCUT2D eigenvalue weighted by Crippen LogP contribution is -2.44. The Morgan fingerprint density at radius 2 is 2.14 bits per heavy atom. The van der Waals surface area contributed by atoms with Crippen LogP contribution in [0.4, 0.5) is 10.5 Å². The molecular formula is C13H13ClN4O3. The first kappa shape index (κ1) is 14.9. The largest absolute Gasteiger partial charge is 0.480 e. The number of carbonyl (C=O) groups excluding carboxylic acids is 1. The fourth-order valence-electron chi connectivity index (χ4n) is 1.70. The van der Waals surface area contributed by atoms with Crippen molar-refractivity contribution >= 4 is 29.3 Å². The van der Waals surface area contributed by atoms with Crippen LogP contribution in [-0.2, 0) is 11.2 Å². The van der Waals surface area contributed by atoms with Crippen molar-refractivity contribution in [2.45, 2.75) is 12.5 Å². The number of hydrogen-bond acceptors (Lipinski definition) is 3. The van der Waals surface area contributed by atoms with Crippen LogP contribution < -0.4 is 10.6 Å². The summed E-state index contributed by atoms with van der Waals surface area (Å²) >= 11 is 5.91. The molecule has 0 saturated carbocycles. The van der Waals surface area contributed by atoms with Gasteiger partial charge in [-0.15, -0.1) is 0 Å². The van der Waals surface area contributed by atoms with E-state index in [0.29, 0.717) is 16.4 Å². The third kappa shape index (κ3) is 4.22. The van der Waals surface area contributed by atoms with E-state index in [9.17, 15) is 9.59 Å². The van der Waals surface area contributed by atoms with Gasteiger partial charge in [-0.2, -0.15) is 0 Å². The van der Waals surface area contributed by atoms with E-state index in [1.165, 1.54) is 12.5 Å². The first-order valence-electron chi connectivity index (χ1n) is 6.08. The number of carboxylic acid groups (broad SMARTS) is 1. The second-order valence-corrected chi connectivity index (χ2v) is 4.66. The van der Waals surface area contributed by atoms with Crippen molar-refractivity contribution in [1.82, 2.24) is 15.3 Å². The molecule has 2 aromatic rings. The van der Waals surface area contributed by atoms with Crippen LogP contribution in [0.25, 0.3) is 0 Å². The number of rotatable bonds is 5. The van der Waals surface area contributed by atoms with E-state index in [1.807, 2.05) is 0 Å². The van der Waals surface area contributed by atoms with E-state index in [0.717, 1.165) is 0 Å². The van der Waals surface area contributed by atoms with Crippen LogP contribution in [0, 0.1) is 0 Å². The second kappa shape index (κ2) is 6.76. The summed E-state index contributed by atoms with van der Waals surface area (Å²) in [5, 5.41) is 14.4. The van der Waals surface area contributed by atoms with Crippen molar-refractivity contribution in [2.75, 3.05) is 5.32 Å². The van der Waals surface area contributed by atoms with Gasteiger partial charge in [-0.25, -0.2) is 14.6 Å². The summed E-state index contributed by atoms with van der Waals surface area (Å²) in [6.07, 6.45) is 3.05. The number of para-hydroxylation sites is 1. The standard InChI is InChI=1S/C13H13ClN4O3/c14-9-3-1-2-4-10(9)17-13(21)18-11(12(19)20)5-8-6-15-7-16-8/h1-4,6-7,11H,5H2,(H,15,16)(H,19,20)(H2,17,18,21)/t11-/m1/s1. The number of carboxylic acids is 1. The van der Waals surface area contributed by atoms with Crippen LogP contribution >= 0.6 is 11.6 Å². The van der Waals surface area contributed by atoms with Gasteiger partial charge in [0.15, 0.2) is 0 Å². The second-order valence-electron chi connectivity index (χ2n) is 4.25. The third-order valence-corrected chi connectivity index (χ3v) is 3.03. The number of carbonyl (C=O) groups is 2. The zero-order valence-corrected chi connectivity index (χ0v) is 11.6. The summed E-state index contributed by atoms with van der Waals surface area (Å²) in [7, 11) is 0. The predicted molar refractivity (Wildman–Crippen MR) is 77.3 cm³/mol. The highest BCUT2D eigenvalue weighted by atomic mass is 35.5. The number of H-pyrrole nitrogens is 1. The normalized spacial score (nSPS) is 11.7. The van der Waals surface area contributed by atoms with Crippen molar-refractivity contribution in [3.8, 4) is 0 Å². The highest BCUT2D eigenvalue weighted by Gasteiger charge is 2.21. The molecule has 0 fully saturated rings. The van der Waals surface area contributed by atoms with Crippen LogP contribution in [0.5, 0.6) is 0 Å². The Balaban J connectivity index is 1.98. The quantitative estimate of drug-likeness (QED) is 0.676. The molecule has 7 nitrogen and oxygen atoms in total. The van der Waals surface area contributed by atoms with Gasteiger partial charge in [0.05, 0.1) is 17.0 Å². The number of aromatic amines is 1. The van der Waals surface area contributed by atoms with Gasteiger partial charge in [-0.05, 0) is 12.1 Å². The summed E-state index contributed by atoms with van der Waals surface area (Å²) in [4.78, 5) is 29.6. The van der Waals surface area contributed by atoms with Gasteiger partial charge >= 0.3 is 12.0 Å². The molecule has 1 aromatic carbocycles. The van der Waals surface area contributed by atoms with Gasteiger partial charge in [-0.3, -0.25) is 0 Å². The maximum absolute atomic E-state index is 11.8. The van der Waals surface area contributed by atoms with Crippen molar-refractivity contribution in [3.63, 3.8) is 0 Å². The van der Waals surface area contributed by atoms with Crippen LogP contribution in [0.1, 0.15) is 5.69 Å². The highest BCUT2D eigenvalue weighted by Crippen LogP contribution is 2.20. The summed E-state index contributed by atoms with van der Waals surface area (Å²) < 4.78 is 0. The first-order valence-corrected chi connectivity index (χ1v) is 6.46. The van der Waals surface area contributed by atoms with E-state index in [1.54, 1.807) is 24.3 Å². The molecule has 4 N–H and O–H groups in total. The molecular weight excluding hydrogens is 296 g/mol. The summed E-state index contributed by atoms with van der Waals surface area (Å²) in [6.45, 7) is 0. The predicted octanol–water partition coefficient (Wildman–Crippen LogP) is 1.88. The molecule has 0 bridgehead atoms. The van der Waals surface area contributed by atoms with Crippen molar-refractivity contribution in [3.05, 3.63) is 47.5 Å². The van der Waals surface area contributed by atoms with Gasteiger partial charge in [0.2, 0.25) is 0 Å². The number of aliphatic carboxylic acids is 1. The zero-order chi connectivity index (χ0) is 15.2. The Labute approximate surface area is 125 Å². The lowest BCUT2D eigenvalue weighted by atomic mass is 10.2. The van der Waals surface area contributed by atoms with E-state index in [4.69, 9.17) is 16.7 Å². The number of urea groups is 1. The first-order chi connectivity index (χ1) is 10.1. The number of anilines is 1. The van der Waals surface area contributed by atoms with Crippen molar-refractivity contribution in [1.29, 1.82) is 0 Å². The van der Waals surface area contributed by atoms with Gasteiger partial charge < -0.3 is 20.7 Å². The summed E-state index contributed by atoms with van der Waals surface area (Å²) in [5.74, 6) is -1.14. The lowest BCUT2D eigenvalue weighted by molar-refractivity contribution is -0.139. The molecule has 2 amide bonds. The van der Waals surface area contributed by atoms with Crippen LogP contribution in [-0.4, -0.2) is 33.1 Å². The van der Waals surface area contributed by atoms with E-state index in [-0.39, 0.29) is 6.42 Å². The van der Waals surface area contributed by atoms with Crippen LogP contribution in [0.15, 0.2) is 36.8 Å². The number of amides is 2. The summed E-state index contributed by atoms with van der Waals surface area (Å²) in [5.41, 5.74) is 1.02. The minimum atomic E-state index is -1.14. The zero-order valence-electron chi connectivity index (χ0n) is 10.8. The molecule has 110 valence electrons. The molecule has 0 radical (unpaired) electrons. The molecule has 0 saturated heterocycles. The Kier molecular flexibility index (Phi) is 4.78. The third-order valence-electron chi connectivity index (χ3n) is 2.70. The Hall–Kier alpha value is -2.54. The van der Waals surface area contributed by atoms with Crippen LogP contribution in [0.2, 0.25) is 5.02 Å². The van der Waals surface area contributed by atoms with Crippen molar-refractivity contribution in [2.24, 2.45) is 0 Å². The van der Waals surface area contributed by atoms with Crippen molar-refractivity contribution < 1.29 is 14.7 Å². The SMILES string of the molecule is O=C(Nc1ccccc1Cl)N[C@H](Cc1cnc[nH]1)C(=O)O. The minimum absolute atomic E-state index is 0.102. The molecule has 0 aliphatic heterocycles. The molecule has 1 heterocycles. The van der Waals surface area contributed by atoms with Crippen LogP contribution in [0.3, 0.4) is 0 Å². The van der Waals surface area contributed by atoms with Gasteiger partial charge in [0.25, 0.3) is 0 Å². The smallest absolute Gasteiger partial charge is 0.326 e. The number of nitrogens with one attached hydrogen (secondary N) is 3. The number of aromatic nitrogens is 2. The monoisotopic (exact) mass is 308 g/mol. The molecule has 2 rings (SSSR count). The Morgan fingerprint density at radius 1 is 1.38 bits per heavy atom. The Bertz CT molecular complexity index is 630. The molecule has 0 spiro atoms. The Morgan fingerprint density at radius 3 is 2.76 bits per heavy atom. The lowest BCUT2D eigenvalue weighted by Gasteiger charge is -2.14. The fourth-order valence-corrected chi connectivity index (χ4v) is 1.88. The average molecular weight is 309 g/mol. The average Bonchev–Trinajstić information content (AvgIpc) is 2.93. The number of hydrogen-bond donors (Lipinski definition) is 4. The number of halogens is 1. The number of imidazole rings is 1. The molecule has 1 aromatic heterocycles. The minimum Gasteiger partial charge on any atom is -0.480 e. The topological polar surface area (TPSA) is 107 Å². The molecule has 0 unspecified atom stereocenters. The number of nitrogens with zero attached hydrogens (tertiary/aromatic N) is 1. The maximum atomic E-state index is 11.8. The van der Waals surface area contributed by atoms with Gasteiger partial charge in [0.1, 0.15) is 6.04 Å².